The molecule has 0 saturated carbocycles. The highest BCUT2D eigenvalue weighted by Crippen LogP contribution is 2.51. The summed E-state index contributed by atoms with van der Waals surface area (Å²) in [6, 6.07) is 30.6. The van der Waals surface area contributed by atoms with Crippen molar-refractivity contribution in [2.24, 2.45) is 0 Å². The Hall–Kier alpha value is -3.82. The van der Waals surface area contributed by atoms with Crippen LogP contribution >= 0.6 is 0 Å². The first kappa shape index (κ1) is 21.5. The molecule has 0 bridgehead atoms. The molecule has 0 aliphatic heterocycles. The Morgan fingerprint density at radius 3 is 2.33 bits per heavy atom. The van der Waals surface area contributed by atoms with E-state index in [1.54, 1.807) is 5.57 Å². The molecule has 1 aromatic heterocycles. The Balaban J connectivity index is 1.49. The number of rotatable bonds is 3. The minimum absolute atomic E-state index is 0.0261. The van der Waals surface area contributed by atoms with E-state index >= 15 is 0 Å². The molecule has 36 heavy (non-hydrogen) atoms. The summed E-state index contributed by atoms with van der Waals surface area (Å²) in [7, 11) is 0.0460. The van der Waals surface area contributed by atoms with Crippen molar-refractivity contribution in [3.05, 3.63) is 114 Å². The number of fused-ring (bicyclic) bond motifs is 5. The monoisotopic (exact) mass is 465 g/mol. The largest absolute Gasteiger partial charge is 0.449 e. The molecule has 7 rings (SSSR count). The quantitative estimate of drug-likeness (QED) is 0.291. The maximum Gasteiger partial charge on any atom is 0.304 e. The summed E-state index contributed by atoms with van der Waals surface area (Å²) < 4.78 is 2.39. The fourth-order valence-corrected chi connectivity index (χ4v) is 6.39. The third-order valence-corrected chi connectivity index (χ3v) is 8.27. The number of allylic oxidation sites excluding steroid dienone is 4. The van der Waals surface area contributed by atoms with Crippen LogP contribution < -0.4 is 5.46 Å². The molecule has 174 valence electrons. The van der Waals surface area contributed by atoms with Crippen molar-refractivity contribution in [1.82, 2.24) is 4.57 Å². The van der Waals surface area contributed by atoms with Crippen LogP contribution in [0.5, 0.6) is 0 Å². The fourth-order valence-electron chi connectivity index (χ4n) is 6.39. The Labute approximate surface area is 212 Å². The molecule has 2 aliphatic carbocycles. The van der Waals surface area contributed by atoms with Crippen molar-refractivity contribution < 1.29 is 5.02 Å². The average molecular weight is 465 g/mol. The van der Waals surface area contributed by atoms with Gasteiger partial charge >= 0.3 is 7.48 Å². The molecule has 5 aromatic rings. The molecule has 2 nitrogen and oxygen atoms in total. The van der Waals surface area contributed by atoms with Crippen LogP contribution in [0.25, 0.3) is 44.2 Å². The minimum Gasteiger partial charge on any atom is -0.449 e. The first-order valence-corrected chi connectivity index (χ1v) is 12.8. The van der Waals surface area contributed by atoms with Gasteiger partial charge in [-0.2, -0.15) is 0 Å². The second kappa shape index (κ2) is 7.84. The van der Waals surface area contributed by atoms with E-state index in [2.05, 4.69) is 109 Å². The standard InChI is InChI=1S/C33H28BNO/c1-33(2)29-11-7-6-10-25(29)26-19-28-27-18-23(34-36)14-17-31(27)35(32(28)20-30(26)33)24-15-12-22(13-16-24)21-8-4-3-5-9-21/h3-6,8-10,12-20,34,36H,7,11H2,1-2H3. The van der Waals surface area contributed by atoms with E-state index in [1.807, 2.05) is 6.07 Å². The lowest BCUT2D eigenvalue weighted by Gasteiger charge is -2.25. The van der Waals surface area contributed by atoms with Crippen molar-refractivity contribution in [1.29, 1.82) is 0 Å². The molecule has 4 aromatic carbocycles. The molecular formula is C33H28BNO. The number of nitrogens with zero attached hydrogens (tertiary/aromatic N) is 1. The van der Waals surface area contributed by atoms with Gasteiger partial charge in [-0.3, -0.25) is 0 Å². The topological polar surface area (TPSA) is 25.2 Å². The van der Waals surface area contributed by atoms with Crippen LogP contribution in [0.2, 0.25) is 0 Å². The molecule has 1 heterocycles. The summed E-state index contributed by atoms with van der Waals surface area (Å²) >= 11 is 0. The van der Waals surface area contributed by atoms with Gasteiger partial charge in [0.05, 0.1) is 11.0 Å². The van der Waals surface area contributed by atoms with Gasteiger partial charge in [0.1, 0.15) is 0 Å². The summed E-state index contributed by atoms with van der Waals surface area (Å²) in [5.41, 5.74) is 12.7. The van der Waals surface area contributed by atoms with Crippen LogP contribution in [-0.4, -0.2) is 17.1 Å². The Kier molecular flexibility index (Phi) is 4.68. The zero-order chi connectivity index (χ0) is 24.4. The predicted octanol–water partition coefficient (Wildman–Crippen LogP) is 6.81. The number of hydrogen-bond acceptors (Lipinski definition) is 1. The van der Waals surface area contributed by atoms with E-state index in [0.717, 1.165) is 24.0 Å². The van der Waals surface area contributed by atoms with Crippen molar-refractivity contribution in [2.45, 2.75) is 32.1 Å². The molecule has 0 saturated heterocycles. The summed E-state index contributed by atoms with van der Waals surface area (Å²) in [6.07, 6.45) is 6.90. The second-order valence-corrected chi connectivity index (χ2v) is 10.6. The highest BCUT2D eigenvalue weighted by molar-refractivity contribution is 6.46. The third kappa shape index (κ3) is 3.03. The van der Waals surface area contributed by atoms with Gasteiger partial charge in [0.15, 0.2) is 0 Å². The summed E-state index contributed by atoms with van der Waals surface area (Å²) in [5, 5.41) is 12.3. The molecule has 0 unspecified atom stereocenters. The molecule has 0 spiro atoms. The van der Waals surface area contributed by atoms with Crippen LogP contribution in [-0.2, 0) is 5.41 Å². The van der Waals surface area contributed by atoms with Gasteiger partial charge in [-0.15, -0.1) is 0 Å². The Morgan fingerprint density at radius 1 is 0.806 bits per heavy atom. The molecule has 0 amide bonds. The summed E-state index contributed by atoms with van der Waals surface area (Å²) in [4.78, 5) is 0. The zero-order valence-corrected chi connectivity index (χ0v) is 20.8. The Bertz CT molecular complexity index is 1720. The van der Waals surface area contributed by atoms with Crippen LogP contribution in [0.4, 0.5) is 0 Å². The Morgan fingerprint density at radius 2 is 1.56 bits per heavy atom. The van der Waals surface area contributed by atoms with E-state index in [1.165, 1.54) is 49.6 Å². The van der Waals surface area contributed by atoms with Gasteiger partial charge in [-0.25, -0.2) is 0 Å². The molecule has 0 radical (unpaired) electrons. The van der Waals surface area contributed by atoms with Crippen LogP contribution in [0, 0.1) is 0 Å². The molecule has 0 atom stereocenters. The maximum absolute atomic E-state index is 9.89. The highest BCUT2D eigenvalue weighted by Gasteiger charge is 2.38. The van der Waals surface area contributed by atoms with Gasteiger partial charge in [0.2, 0.25) is 0 Å². The van der Waals surface area contributed by atoms with Crippen LogP contribution in [0.1, 0.15) is 37.8 Å². The molecule has 3 heteroatoms. The first-order valence-electron chi connectivity index (χ1n) is 12.8. The average Bonchev–Trinajstić information content (AvgIpc) is 3.36. The summed E-state index contributed by atoms with van der Waals surface area (Å²) in [6.45, 7) is 4.76. The van der Waals surface area contributed by atoms with E-state index in [-0.39, 0.29) is 12.9 Å². The van der Waals surface area contributed by atoms with Crippen molar-refractivity contribution in [2.75, 3.05) is 0 Å². The summed E-state index contributed by atoms with van der Waals surface area (Å²) in [5.74, 6) is 0. The van der Waals surface area contributed by atoms with Crippen LogP contribution in [0.3, 0.4) is 0 Å². The molecule has 0 fully saturated rings. The molecule has 2 aliphatic rings. The van der Waals surface area contributed by atoms with E-state index in [4.69, 9.17) is 0 Å². The van der Waals surface area contributed by atoms with E-state index < -0.39 is 0 Å². The van der Waals surface area contributed by atoms with Gasteiger partial charge in [-0.05, 0) is 71.0 Å². The second-order valence-electron chi connectivity index (χ2n) is 10.6. The maximum atomic E-state index is 9.89. The van der Waals surface area contributed by atoms with E-state index in [0.29, 0.717) is 0 Å². The lowest BCUT2D eigenvalue weighted by Crippen LogP contribution is -2.17. The first-order chi connectivity index (χ1) is 17.6. The normalized spacial score (nSPS) is 16.0. The van der Waals surface area contributed by atoms with Crippen molar-refractivity contribution in [3.8, 4) is 16.8 Å². The molecular weight excluding hydrogens is 437 g/mol. The van der Waals surface area contributed by atoms with Gasteiger partial charge < -0.3 is 9.59 Å². The lowest BCUT2D eigenvalue weighted by atomic mass is 9.78. The van der Waals surface area contributed by atoms with Gasteiger partial charge in [-0.1, -0.05) is 91.6 Å². The number of benzene rings is 4. The number of aromatic nitrogens is 1. The predicted molar refractivity (Wildman–Crippen MR) is 154 cm³/mol. The fraction of sp³-hybridized carbons (Fsp3) is 0.152. The van der Waals surface area contributed by atoms with E-state index in [9.17, 15) is 5.02 Å². The zero-order valence-electron chi connectivity index (χ0n) is 20.8. The third-order valence-electron chi connectivity index (χ3n) is 8.27. The minimum atomic E-state index is 0.0261. The highest BCUT2D eigenvalue weighted by atomic mass is 16.2. The number of hydrogen-bond donors (Lipinski definition) is 1. The van der Waals surface area contributed by atoms with Crippen molar-refractivity contribution >= 4 is 40.3 Å². The lowest BCUT2D eigenvalue weighted by molar-refractivity contribution is 0.608. The van der Waals surface area contributed by atoms with Crippen molar-refractivity contribution in [3.63, 3.8) is 0 Å². The van der Waals surface area contributed by atoms with Gasteiger partial charge in [0, 0.05) is 21.9 Å². The SMILES string of the molecule is CC1(C)C2=C(C=CCC2)c2cc3c4cc(BO)ccc4n(-c4ccc(-c5ccccc5)cc4)c3cc21. The smallest absolute Gasteiger partial charge is 0.304 e. The van der Waals surface area contributed by atoms with Crippen LogP contribution in [0.15, 0.2) is 103 Å². The van der Waals surface area contributed by atoms with Gasteiger partial charge in [0.25, 0.3) is 0 Å². The molecule has 1 N–H and O–H groups in total.